The van der Waals surface area contributed by atoms with Gasteiger partial charge >= 0.3 is 5.97 Å². The smallest absolute Gasteiger partial charge is 0.305 e. The van der Waals surface area contributed by atoms with Gasteiger partial charge in [0.25, 0.3) is 0 Å². The Morgan fingerprint density at radius 2 is 2.00 bits per heavy atom. The molecule has 0 fully saturated rings. The molecule has 0 aliphatic rings. The van der Waals surface area contributed by atoms with Crippen LogP contribution in [0.25, 0.3) is 0 Å². The highest BCUT2D eigenvalue weighted by Gasteiger charge is 2.17. The Morgan fingerprint density at radius 3 is 2.40 bits per heavy atom. The van der Waals surface area contributed by atoms with Gasteiger partial charge in [0, 0.05) is 13.3 Å². The number of nitrogens with one attached hydrogen (secondary N) is 1. The lowest BCUT2D eigenvalue weighted by molar-refractivity contribution is -0.143. The first kappa shape index (κ1) is 13.4. The first-order chi connectivity index (χ1) is 6.97. The fraction of sp³-hybridized carbons (Fsp3) is 0.667. The van der Waals surface area contributed by atoms with E-state index in [4.69, 9.17) is 5.73 Å². The highest BCUT2D eigenvalue weighted by atomic mass is 16.5. The Balaban J connectivity index is 4.01. The minimum absolute atomic E-state index is 0.0573. The number of amides is 2. The fourth-order valence-electron chi connectivity index (χ4n) is 1.03. The van der Waals surface area contributed by atoms with E-state index in [1.165, 1.54) is 6.92 Å². The quantitative estimate of drug-likeness (QED) is 0.574. The summed E-state index contributed by atoms with van der Waals surface area (Å²) in [5, 5.41) is 2.36. The standard InChI is InChI=1S/C9H16N2O4/c1-3-15-8(13)5-4-7(9(10)14)11-6(2)12/h7H,3-5H2,1-2H3,(H2,10,14)(H,11,12). The number of carbonyl (C=O) groups excluding carboxylic acids is 3. The number of hydrogen-bond donors (Lipinski definition) is 2. The molecule has 0 aromatic rings. The predicted octanol–water partition coefficient (Wildman–Crippen LogP) is -0.680. The van der Waals surface area contributed by atoms with Crippen LogP contribution in [0.15, 0.2) is 0 Å². The van der Waals surface area contributed by atoms with Gasteiger partial charge in [-0.3, -0.25) is 14.4 Å². The molecule has 0 rings (SSSR count). The van der Waals surface area contributed by atoms with Crippen LogP contribution in [-0.2, 0) is 19.1 Å². The molecule has 0 aromatic heterocycles. The molecule has 0 saturated heterocycles. The number of primary amides is 1. The Morgan fingerprint density at radius 1 is 1.40 bits per heavy atom. The van der Waals surface area contributed by atoms with Crippen molar-refractivity contribution in [1.82, 2.24) is 5.32 Å². The third kappa shape index (κ3) is 6.48. The maximum atomic E-state index is 11.0. The first-order valence-electron chi connectivity index (χ1n) is 4.69. The maximum Gasteiger partial charge on any atom is 0.305 e. The van der Waals surface area contributed by atoms with Crippen LogP contribution in [0.5, 0.6) is 0 Å². The molecule has 1 atom stereocenters. The Kier molecular flexibility index (Phi) is 6.08. The largest absolute Gasteiger partial charge is 0.466 e. The molecule has 2 amide bonds. The molecule has 0 aliphatic heterocycles. The summed E-state index contributed by atoms with van der Waals surface area (Å²) in [6.07, 6.45) is 0.218. The van der Waals surface area contributed by atoms with Gasteiger partial charge in [0.05, 0.1) is 6.61 Å². The molecule has 86 valence electrons. The van der Waals surface area contributed by atoms with Crippen molar-refractivity contribution in [1.29, 1.82) is 0 Å². The van der Waals surface area contributed by atoms with E-state index in [1.54, 1.807) is 6.92 Å². The molecule has 0 saturated carbocycles. The summed E-state index contributed by atoms with van der Waals surface area (Å²) in [6.45, 7) is 3.26. The fourth-order valence-corrected chi connectivity index (χ4v) is 1.03. The molecule has 6 nitrogen and oxygen atoms in total. The molecule has 3 N–H and O–H groups in total. The summed E-state index contributed by atoms with van der Waals surface area (Å²) in [7, 11) is 0. The summed E-state index contributed by atoms with van der Waals surface area (Å²) in [5.41, 5.74) is 5.04. The number of nitrogens with two attached hydrogens (primary N) is 1. The van der Waals surface area contributed by atoms with E-state index in [2.05, 4.69) is 10.1 Å². The lowest BCUT2D eigenvalue weighted by atomic mass is 10.1. The van der Waals surface area contributed by atoms with Crippen molar-refractivity contribution in [3.8, 4) is 0 Å². The number of carbonyl (C=O) groups is 3. The van der Waals surface area contributed by atoms with Crippen LogP contribution in [0, 0.1) is 0 Å². The molecule has 0 aliphatic carbocycles. The second-order valence-corrected chi connectivity index (χ2v) is 3.00. The number of esters is 1. The van der Waals surface area contributed by atoms with Crippen molar-refractivity contribution >= 4 is 17.8 Å². The van der Waals surface area contributed by atoms with Gasteiger partial charge in [-0.05, 0) is 13.3 Å². The van der Waals surface area contributed by atoms with Gasteiger partial charge in [-0.15, -0.1) is 0 Å². The van der Waals surface area contributed by atoms with Crippen molar-refractivity contribution in [2.24, 2.45) is 5.73 Å². The van der Waals surface area contributed by atoms with Crippen LogP contribution in [0.1, 0.15) is 26.7 Å². The average Bonchev–Trinajstić information content (AvgIpc) is 2.11. The lowest BCUT2D eigenvalue weighted by Gasteiger charge is -2.13. The molecule has 6 heteroatoms. The minimum atomic E-state index is -0.813. The van der Waals surface area contributed by atoms with E-state index < -0.39 is 17.9 Å². The number of ether oxygens (including phenoxy) is 1. The lowest BCUT2D eigenvalue weighted by Crippen LogP contribution is -2.43. The van der Waals surface area contributed by atoms with Gasteiger partial charge in [0.2, 0.25) is 11.8 Å². The SMILES string of the molecule is CCOC(=O)CCC(NC(C)=O)C(N)=O. The summed E-state index contributed by atoms with van der Waals surface area (Å²) in [6, 6.07) is -0.813. The Hall–Kier alpha value is -1.59. The predicted molar refractivity (Wildman–Crippen MR) is 52.7 cm³/mol. The van der Waals surface area contributed by atoms with Crippen LogP contribution in [0.2, 0.25) is 0 Å². The molecule has 0 bridgehead atoms. The summed E-state index contributed by atoms with van der Waals surface area (Å²) >= 11 is 0. The second-order valence-electron chi connectivity index (χ2n) is 3.00. The third-order valence-electron chi connectivity index (χ3n) is 1.66. The highest BCUT2D eigenvalue weighted by molar-refractivity contribution is 5.86. The number of hydrogen-bond acceptors (Lipinski definition) is 4. The zero-order valence-electron chi connectivity index (χ0n) is 8.91. The van der Waals surface area contributed by atoms with E-state index in [0.29, 0.717) is 6.61 Å². The Labute approximate surface area is 88.1 Å². The third-order valence-corrected chi connectivity index (χ3v) is 1.66. The van der Waals surface area contributed by atoms with E-state index >= 15 is 0 Å². The summed E-state index contributed by atoms with van der Waals surface area (Å²) in [4.78, 5) is 32.5. The first-order valence-corrected chi connectivity index (χ1v) is 4.69. The average molecular weight is 216 g/mol. The zero-order valence-corrected chi connectivity index (χ0v) is 8.91. The van der Waals surface area contributed by atoms with Gasteiger partial charge < -0.3 is 15.8 Å². The van der Waals surface area contributed by atoms with Crippen LogP contribution < -0.4 is 11.1 Å². The molecule has 0 radical (unpaired) electrons. The monoisotopic (exact) mass is 216 g/mol. The highest BCUT2D eigenvalue weighted by Crippen LogP contribution is 1.99. The van der Waals surface area contributed by atoms with Crippen LogP contribution in [-0.4, -0.2) is 30.4 Å². The number of rotatable bonds is 6. The molecule has 0 aromatic carbocycles. The van der Waals surface area contributed by atoms with Gasteiger partial charge in [0.1, 0.15) is 6.04 Å². The van der Waals surface area contributed by atoms with E-state index in [0.717, 1.165) is 0 Å². The topological polar surface area (TPSA) is 98.5 Å². The van der Waals surface area contributed by atoms with Crippen molar-refractivity contribution in [3.63, 3.8) is 0 Å². The zero-order chi connectivity index (χ0) is 11.8. The van der Waals surface area contributed by atoms with Crippen LogP contribution >= 0.6 is 0 Å². The molecular weight excluding hydrogens is 200 g/mol. The van der Waals surface area contributed by atoms with Crippen molar-refractivity contribution in [2.45, 2.75) is 32.7 Å². The van der Waals surface area contributed by atoms with Crippen molar-refractivity contribution in [2.75, 3.05) is 6.61 Å². The molecular formula is C9H16N2O4. The van der Waals surface area contributed by atoms with Crippen molar-refractivity contribution in [3.05, 3.63) is 0 Å². The molecule has 1 unspecified atom stereocenters. The van der Waals surface area contributed by atoms with Crippen LogP contribution in [0.3, 0.4) is 0 Å². The molecule has 0 spiro atoms. The van der Waals surface area contributed by atoms with Gasteiger partial charge in [-0.25, -0.2) is 0 Å². The normalized spacial score (nSPS) is 11.6. The molecule has 15 heavy (non-hydrogen) atoms. The van der Waals surface area contributed by atoms with E-state index in [-0.39, 0.29) is 18.7 Å². The van der Waals surface area contributed by atoms with Gasteiger partial charge in [-0.2, -0.15) is 0 Å². The summed E-state index contributed by atoms with van der Waals surface area (Å²) < 4.78 is 4.67. The second kappa shape index (κ2) is 6.80. The van der Waals surface area contributed by atoms with E-state index in [9.17, 15) is 14.4 Å². The minimum Gasteiger partial charge on any atom is -0.466 e. The Bertz CT molecular complexity index is 252. The summed E-state index contributed by atoms with van der Waals surface area (Å²) in [5.74, 6) is -1.42. The van der Waals surface area contributed by atoms with Crippen molar-refractivity contribution < 1.29 is 19.1 Å². The van der Waals surface area contributed by atoms with Gasteiger partial charge in [-0.1, -0.05) is 0 Å². The maximum absolute atomic E-state index is 11.0. The van der Waals surface area contributed by atoms with Gasteiger partial charge in [0.15, 0.2) is 0 Å². The molecule has 0 heterocycles. The van der Waals surface area contributed by atoms with Crippen LogP contribution in [0.4, 0.5) is 0 Å². The van der Waals surface area contributed by atoms with E-state index in [1.807, 2.05) is 0 Å².